The number of carbonyl (C=O) groups is 2. The zero-order chi connectivity index (χ0) is 11.5. The summed E-state index contributed by atoms with van der Waals surface area (Å²) in [6, 6.07) is 3.62. The molecule has 5 nitrogen and oxygen atoms in total. The molecule has 0 bridgehead atoms. The Hall–Kier alpha value is -1.91. The normalized spacial score (nSPS) is 18.6. The Labute approximate surface area is 92.8 Å². The first-order valence-electron chi connectivity index (χ1n) is 5.12. The molecule has 1 aromatic heterocycles. The second kappa shape index (κ2) is 4.30. The minimum absolute atomic E-state index is 0.255. The molecule has 2 rings (SSSR count). The number of hydrogen-bond acceptors (Lipinski definition) is 4. The van der Waals surface area contributed by atoms with E-state index in [1.165, 1.54) is 0 Å². The van der Waals surface area contributed by atoms with Crippen LogP contribution in [0.2, 0.25) is 0 Å². The van der Waals surface area contributed by atoms with E-state index in [9.17, 15) is 9.59 Å². The summed E-state index contributed by atoms with van der Waals surface area (Å²) in [5, 5.41) is 2.65. The van der Waals surface area contributed by atoms with Crippen LogP contribution in [0.3, 0.4) is 0 Å². The van der Waals surface area contributed by atoms with Crippen molar-refractivity contribution in [3.63, 3.8) is 0 Å². The van der Waals surface area contributed by atoms with E-state index in [0.29, 0.717) is 12.2 Å². The predicted molar refractivity (Wildman–Crippen MR) is 55.5 cm³/mol. The van der Waals surface area contributed by atoms with E-state index in [2.05, 4.69) is 10.3 Å². The van der Waals surface area contributed by atoms with Gasteiger partial charge in [-0.3, -0.25) is 14.6 Å². The molecule has 0 radical (unpaired) electrons. The Morgan fingerprint density at radius 3 is 3.25 bits per heavy atom. The Balaban J connectivity index is 2.37. The number of fused-ring (bicyclic) bond motifs is 1. The lowest BCUT2D eigenvalue weighted by Gasteiger charge is -2.22. The molecule has 0 saturated carbocycles. The molecule has 1 unspecified atom stereocenters. The third-order valence-corrected chi connectivity index (χ3v) is 2.44. The van der Waals surface area contributed by atoms with Crippen molar-refractivity contribution < 1.29 is 14.3 Å². The lowest BCUT2D eigenvalue weighted by atomic mass is 9.95. The molecule has 1 aromatic rings. The minimum Gasteiger partial charge on any atom is -0.465 e. The summed E-state index contributed by atoms with van der Waals surface area (Å²) in [6.45, 7) is 2.38. The Kier molecular flexibility index (Phi) is 2.85. The summed E-state index contributed by atoms with van der Waals surface area (Å²) in [6.07, 6.45) is 1.57. The van der Waals surface area contributed by atoms with Crippen LogP contribution in [0.5, 0.6) is 0 Å². The van der Waals surface area contributed by atoms with Crippen molar-refractivity contribution in [1.82, 2.24) is 10.3 Å². The van der Waals surface area contributed by atoms with Gasteiger partial charge in [0.1, 0.15) is 0 Å². The maximum absolute atomic E-state index is 11.6. The van der Waals surface area contributed by atoms with Crippen LogP contribution < -0.4 is 5.32 Å². The number of aromatic nitrogens is 1. The number of esters is 1. The number of amides is 1. The highest BCUT2D eigenvalue weighted by molar-refractivity contribution is 6.04. The van der Waals surface area contributed by atoms with Crippen molar-refractivity contribution >= 4 is 11.9 Å². The van der Waals surface area contributed by atoms with Gasteiger partial charge in [-0.2, -0.15) is 0 Å². The lowest BCUT2D eigenvalue weighted by molar-refractivity contribution is -0.148. The van der Waals surface area contributed by atoms with Gasteiger partial charge in [-0.1, -0.05) is 6.07 Å². The third-order valence-electron chi connectivity index (χ3n) is 2.44. The molecule has 0 saturated heterocycles. The Morgan fingerprint density at radius 1 is 1.69 bits per heavy atom. The highest BCUT2D eigenvalue weighted by Crippen LogP contribution is 2.23. The molecule has 1 amide bonds. The van der Waals surface area contributed by atoms with E-state index in [0.717, 1.165) is 5.56 Å². The van der Waals surface area contributed by atoms with Crippen molar-refractivity contribution in [2.45, 2.75) is 19.4 Å². The fraction of sp³-hybridized carbons (Fsp3) is 0.364. The highest BCUT2D eigenvalue weighted by Gasteiger charge is 2.35. The van der Waals surface area contributed by atoms with Crippen LogP contribution in [0.1, 0.15) is 24.1 Å². The molecule has 1 aliphatic rings. The maximum Gasteiger partial charge on any atom is 0.324 e. The molecular formula is C11H12N2O3. The number of hydrogen-bond donors (Lipinski definition) is 1. The van der Waals surface area contributed by atoms with E-state index in [-0.39, 0.29) is 12.5 Å². The van der Waals surface area contributed by atoms with Crippen molar-refractivity contribution in [2.75, 3.05) is 6.61 Å². The lowest BCUT2D eigenvalue weighted by Crippen LogP contribution is -2.39. The number of pyridine rings is 1. The summed E-state index contributed by atoms with van der Waals surface area (Å²) in [7, 11) is 0. The quantitative estimate of drug-likeness (QED) is 0.577. The van der Waals surface area contributed by atoms with Gasteiger partial charge in [0.05, 0.1) is 12.3 Å². The van der Waals surface area contributed by atoms with Gasteiger partial charge < -0.3 is 10.1 Å². The summed E-state index contributed by atoms with van der Waals surface area (Å²) >= 11 is 0. The van der Waals surface area contributed by atoms with Crippen molar-refractivity contribution in [3.05, 3.63) is 29.6 Å². The number of ether oxygens (including phenoxy) is 1. The van der Waals surface area contributed by atoms with Gasteiger partial charge in [0, 0.05) is 12.7 Å². The molecule has 1 atom stereocenters. The predicted octanol–water partition coefficient (Wildman–Crippen LogP) is 0.358. The topological polar surface area (TPSA) is 68.3 Å². The molecule has 0 aliphatic carbocycles. The average molecular weight is 220 g/mol. The van der Waals surface area contributed by atoms with Crippen molar-refractivity contribution in [2.24, 2.45) is 0 Å². The molecule has 0 aromatic carbocycles. The Morgan fingerprint density at radius 2 is 2.50 bits per heavy atom. The first-order valence-corrected chi connectivity index (χ1v) is 5.12. The number of nitrogens with zero attached hydrogens (tertiary/aromatic N) is 1. The molecule has 1 N–H and O–H groups in total. The van der Waals surface area contributed by atoms with Crippen LogP contribution in [-0.2, 0) is 20.9 Å². The number of carbonyl (C=O) groups excluding carboxylic acids is 2. The third kappa shape index (κ3) is 1.76. The monoisotopic (exact) mass is 220 g/mol. The largest absolute Gasteiger partial charge is 0.465 e. The van der Waals surface area contributed by atoms with Crippen LogP contribution in [-0.4, -0.2) is 23.5 Å². The molecule has 84 valence electrons. The van der Waals surface area contributed by atoms with Gasteiger partial charge in [0.2, 0.25) is 5.91 Å². The highest BCUT2D eigenvalue weighted by atomic mass is 16.5. The van der Waals surface area contributed by atoms with Crippen LogP contribution in [0.25, 0.3) is 0 Å². The van der Waals surface area contributed by atoms with Gasteiger partial charge in [-0.05, 0) is 18.6 Å². The van der Waals surface area contributed by atoms with Gasteiger partial charge in [-0.25, -0.2) is 0 Å². The Bertz CT molecular complexity index is 431. The maximum atomic E-state index is 11.6. The SMILES string of the molecule is CCOC(=O)C1C(=O)NCc2cccnc21. The van der Waals surface area contributed by atoms with Gasteiger partial charge >= 0.3 is 5.97 Å². The molecule has 0 fully saturated rings. The molecule has 2 heterocycles. The van der Waals surface area contributed by atoms with Crippen LogP contribution in [0, 0.1) is 0 Å². The van der Waals surface area contributed by atoms with E-state index in [4.69, 9.17) is 4.74 Å². The van der Waals surface area contributed by atoms with Gasteiger partial charge in [0.25, 0.3) is 0 Å². The first kappa shape index (κ1) is 10.6. The summed E-state index contributed by atoms with van der Waals surface area (Å²) in [5.74, 6) is -1.81. The summed E-state index contributed by atoms with van der Waals surface area (Å²) in [5.41, 5.74) is 1.37. The van der Waals surface area contributed by atoms with Crippen molar-refractivity contribution in [3.8, 4) is 0 Å². The van der Waals surface area contributed by atoms with E-state index >= 15 is 0 Å². The fourth-order valence-electron chi connectivity index (χ4n) is 1.71. The zero-order valence-electron chi connectivity index (χ0n) is 8.90. The number of nitrogens with one attached hydrogen (secondary N) is 1. The molecule has 0 spiro atoms. The van der Waals surface area contributed by atoms with Gasteiger partial charge in [0.15, 0.2) is 5.92 Å². The second-order valence-corrected chi connectivity index (χ2v) is 3.45. The molecule has 5 heteroatoms. The average Bonchev–Trinajstić information content (AvgIpc) is 2.29. The summed E-state index contributed by atoms with van der Waals surface area (Å²) < 4.78 is 4.87. The van der Waals surface area contributed by atoms with Crippen LogP contribution in [0.15, 0.2) is 18.3 Å². The second-order valence-electron chi connectivity index (χ2n) is 3.45. The molecule has 16 heavy (non-hydrogen) atoms. The van der Waals surface area contributed by atoms with E-state index in [1.54, 1.807) is 19.2 Å². The first-order chi connectivity index (χ1) is 7.74. The zero-order valence-corrected chi connectivity index (χ0v) is 8.90. The summed E-state index contributed by atoms with van der Waals surface area (Å²) in [4.78, 5) is 27.4. The van der Waals surface area contributed by atoms with E-state index < -0.39 is 11.9 Å². The van der Waals surface area contributed by atoms with Crippen molar-refractivity contribution in [1.29, 1.82) is 0 Å². The fourth-order valence-corrected chi connectivity index (χ4v) is 1.71. The van der Waals surface area contributed by atoms with Gasteiger partial charge in [-0.15, -0.1) is 0 Å². The minimum atomic E-state index is -0.926. The smallest absolute Gasteiger partial charge is 0.324 e. The van der Waals surface area contributed by atoms with Crippen LogP contribution in [0.4, 0.5) is 0 Å². The number of rotatable bonds is 2. The molecule has 1 aliphatic heterocycles. The van der Waals surface area contributed by atoms with E-state index in [1.807, 2.05) is 6.07 Å². The van der Waals surface area contributed by atoms with Crippen LogP contribution >= 0.6 is 0 Å². The molecular weight excluding hydrogens is 208 g/mol. The standard InChI is InChI=1S/C11H12N2O3/c1-2-16-11(15)8-9-7(4-3-5-12-9)6-13-10(8)14/h3-5,8H,2,6H2,1H3,(H,13,14).